The molecule has 0 bridgehead atoms. The summed E-state index contributed by atoms with van der Waals surface area (Å²) >= 11 is 0. The van der Waals surface area contributed by atoms with E-state index in [1.165, 1.54) is 0 Å². The molecule has 0 saturated carbocycles. The smallest absolute Gasteiger partial charge is 0.418 e. The molecule has 0 fully saturated rings. The van der Waals surface area contributed by atoms with Crippen LogP contribution in [0.15, 0.2) is 12.1 Å². The van der Waals surface area contributed by atoms with Crippen molar-refractivity contribution in [2.75, 3.05) is 5.73 Å². The Balaban J connectivity index is 0.000000385. The molecule has 0 amide bonds. The van der Waals surface area contributed by atoms with Crippen LogP contribution in [0.5, 0.6) is 0 Å². The highest BCUT2D eigenvalue weighted by Gasteiger charge is 2.20. The van der Waals surface area contributed by atoms with Gasteiger partial charge in [-0.1, -0.05) is 0 Å². The number of diazo groups is 1. The fraction of sp³-hybridized carbons (Fsp3) is 0.250. The number of rotatable bonds is 0. The molecule has 1 aromatic rings. The number of nitrogens with zero attached hydrogens (tertiary/aromatic N) is 2. The van der Waals surface area contributed by atoms with Gasteiger partial charge in [-0.3, -0.25) is 0 Å². The fourth-order valence-electron chi connectivity index (χ4n) is 1.01. The third-order valence-electron chi connectivity index (χ3n) is 1.77. The summed E-state index contributed by atoms with van der Waals surface area (Å²) in [4.78, 5) is 3.15. The number of hydrogen-bond acceptors (Lipinski definition) is 2. The van der Waals surface area contributed by atoms with E-state index in [4.69, 9.17) is 11.1 Å². The molecule has 0 radical (unpaired) electrons. The van der Waals surface area contributed by atoms with E-state index in [1.54, 1.807) is 6.07 Å². The van der Waals surface area contributed by atoms with Crippen molar-refractivity contribution in [1.82, 2.24) is 0 Å². The van der Waals surface area contributed by atoms with Crippen LogP contribution in [0.25, 0.3) is 4.98 Å². The Labute approximate surface area is 90.0 Å². The lowest BCUT2D eigenvalue weighted by atomic mass is 10.1. The zero-order valence-electron chi connectivity index (χ0n) is 8.72. The van der Waals surface area contributed by atoms with E-state index in [1.807, 2.05) is 19.9 Å². The van der Waals surface area contributed by atoms with Gasteiger partial charge >= 0.3 is 12.9 Å². The molecular weight excluding hydrogens is 225 g/mol. The number of halogens is 4. The first-order valence-corrected chi connectivity index (χ1v) is 4.25. The van der Waals surface area contributed by atoms with E-state index in [0.29, 0.717) is 11.4 Å². The predicted molar refractivity (Wildman–Crippen MR) is 55.3 cm³/mol. The number of benzene rings is 1. The minimum atomic E-state index is -6.00. The van der Waals surface area contributed by atoms with Crippen molar-refractivity contribution in [2.45, 2.75) is 13.8 Å². The second-order valence-corrected chi connectivity index (χ2v) is 3.04. The molecule has 8 heteroatoms. The van der Waals surface area contributed by atoms with Gasteiger partial charge in [0.25, 0.3) is 0 Å². The molecule has 88 valence electrons. The van der Waals surface area contributed by atoms with Crippen LogP contribution in [0, 0.1) is 19.2 Å². The third kappa shape index (κ3) is 5.19. The Morgan fingerprint density at radius 1 is 1.19 bits per heavy atom. The minimum absolute atomic E-state index is 0.574. The van der Waals surface area contributed by atoms with Crippen molar-refractivity contribution in [3.05, 3.63) is 28.2 Å². The lowest BCUT2D eigenvalue weighted by Crippen LogP contribution is -2.02. The maximum atomic E-state index is 9.75. The number of aryl methyl sites for hydroxylation is 1. The number of nitrogen functional groups attached to an aromatic ring is 1. The van der Waals surface area contributed by atoms with Gasteiger partial charge in [0.15, 0.2) is 4.98 Å². The number of hydrogen-bond donors (Lipinski definition) is 1. The standard InChI is InChI=1S/C8H10N3.BF4/c1-5-3-4-7(9)6(2)8(5)11-10;2-1(3,4)5/h3-4H,9H2,1-2H3;/q+1;-1. The minimum Gasteiger partial charge on any atom is -0.418 e. The molecule has 0 aliphatic heterocycles. The molecule has 2 N–H and O–H groups in total. The normalized spacial score (nSPS) is 10.1. The van der Waals surface area contributed by atoms with Gasteiger partial charge in [-0.15, -0.1) is 0 Å². The molecule has 0 aromatic heterocycles. The Morgan fingerprint density at radius 3 is 1.94 bits per heavy atom. The van der Waals surface area contributed by atoms with Gasteiger partial charge in [-0.2, -0.15) is 0 Å². The van der Waals surface area contributed by atoms with Crippen LogP contribution in [0.4, 0.5) is 28.6 Å². The van der Waals surface area contributed by atoms with Crippen molar-refractivity contribution in [3.63, 3.8) is 0 Å². The van der Waals surface area contributed by atoms with Gasteiger partial charge in [0.1, 0.15) is 0 Å². The summed E-state index contributed by atoms with van der Waals surface area (Å²) in [6.07, 6.45) is 0. The zero-order chi connectivity index (χ0) is 12.9. The van der Waals surface area contributed by atoms with Crippen molar-refractivity contribution < 1.29 is 17.3 Å². The maximum absolute atomic E-state index is 9.75. The summed E-state index contributed by atoms with van der Waals surface area (Å²) in [6.45, 7) is 3.71. The highest BCUT2D eigenvalue weighted by Crippen LogP contribution is 2.27. The predicted octanol–water partition coefficient (Wildman–Crippen LogP) is 3.67. The molecule has 0 aliphatic rings. The van der Waals surface area contributed by atoms with E-state index in [9.17, 15) is 17.3 Å². The van der Waals surface area contributed by atoms with Gasteiger partial charge in [0.2, 0.25) is 5.39 Å². The molecule has 3 nitrogen and oxygen atoms in total. The largest absolute Gasteiger partial charge is 0.673 e. The fourth-order valence-corrected chi connectivity index (χ4v) is 1.01. The Hall–Kier alpha value is -1.78. The van der Waals surface area contributed by atoms with Crippen molar-refractivity contribution in [3.8, 4) is 0 Å². The average molecular weight is 235 g/mol. The van der Waals surface area contributed by atoms with Gasteiger partial charge in [0.05, 0.1) is 5.56 Å². The Morgan fingerprint density at radius 2 is 1.62 bits per heavy atom. The summed E-state index contributed by atoms with van der Waals surface area (Å²) in [5.74, 6) is 0. The molecule has 0 spiro atoms. The zero-order valence-corrected chi connectivity index (χ0v) is 8.72. The molecule has 0 saturated heterocycles. The molecule has 1 aromatic carbocycles. The van der Waals surface area contributed by atoms with E-state index in [-0.39, 0.29) is 0 Å². The van der Waals surface area contributed by atoms with Gasteiger partial charge in [-0.05, 0) is 26.0 Å². The SMILES string of the molecule is Cc1ccc(N)c(C)c1[N+]#N.F[B-](F)(F)F. The van der Waals surface area contributed by atoms with Crippen molar-refractivity contribution in [2.24, 2.45) is 0 Å². The first-order chi connectivity index (χ1) is 7.16. The molecular formula is C8H10BF4N3. The summed E-state index contributed by atoms with van der Waals surface area (Å²) in [5, 5.41) is 8.59. The van der Waals surface area contributed by atoms with Crippen LogP contribution < -0.4 is 5.73 Å². The lowest BCUT2D eigenvalue weighted by Gasteiger charge is -1.95. The topological polar surface area (TPSA) is 54.2 Å². The number of anilines is 1. The van der Waals surface area contributed by atoms with E-state index in [0.717, 1.165) is 11.1 Å². The second kappa shape index (κ2) is 5.35. The summed E-state index contributed by atoms with van der Waals surface area (Å²) in [5.41, 5.74) is 8.58. The van der Waals surface area contributed by atoms with Crippen LogP contribution in [0.2, 0.25) is 0 Å². The molecule has 1 rings (SSSR count). The highest BCUT2D eigenvalue weighted by molar-refractivity contribution is 6.50. The van der Waals surface area contributed by atoms with Crippen LogP contribution in [-0.4, -0.2) is 7.25 Å². The molecule has 0 atom stereocenters. The quantitative estimate of drug-likeness (QED) is 0.322. The Bertz CT molecular complexity index is 405. The second-order valence-electron chi connectivity index (χ2n) is 3.04. The highest BCUT2D eigenvalue weighted by atomic mass is 19.5. The maximum Gasteiger partial charge on any atom is 0.673 e. The van der Waals surface area contributed by atoms with E-state index < -0.39 is 7.25 Å². The molecule has 16 heavy (non-hydrogen) atoms. The van der Waals surface area contributed by atoms with Gasteiger partial charge in [-0.25, -0.2) is 0 Å². The third-order valence-corrected chi connectivity index (χ3v) is 1.77. The lowest BCUT2D eigenvalue weighted by molar-refractivity contribution is 0.368. The Kier molecular flexibility index (Phi) is 4.75. The summed E-state index contributed by atoms with van der Waals surface area (Å²) < 4.78 is 39.0. The van der Waals surface area contributed by atoms with Crippen LogP contribution in [0.3, 0.4) is 0 Å². The first kappa shape index (κ1) is 14.2. The summed E-state index contributed by atoms with van der Waals surface area (Å²) in [7, 11) is -6.00. The number of nitrogens with two attached hydrogens (primary N) is 1. The van der Waals surface area contributed by atoms with Crippen LogP contribution in [-0.2, 0) is 0 Å². The average Bonchev–Trinajstić information content (AvgIpc) is 2.10. The van der Waals surface area contributed by atoms with Crippen LogP contribution >= 0.6 is 0 Å². The summed E-state index contributed by atoms with van der Waals surface area (Å²) in [6, 6.07) is 3.64. The monoisotopic (exact) mass is 235 g/mol. The van der Waals surface area contributed by atoms with Crippen LogP contribution in [0.1, 0.15) is 11.1 Å². The molecule has 0 heterocycles. The van der Waals surface area contributed by atoms with E-state index in [2.05, 4.69) is 4.98 Å². The first-order valence-electron chi connectivity index (χ1n) is 4.25. The van der Waals surface area contributed by atoms with Gasteiger partial charge < -0.3 is 23.0 Å². The van der Waals surface area contributed by atoms with Gasteiger partial charge in [0, 0.05) is 11.3 Å². The molecule has 0 unspecified atom stereocenters. The van der Waals surface area contributed by atoms with Crippen molar-refractivity contribution >= 4 is 18.6 Å². The molecule has 0 aliphatic carbocycles. The van der Waals surface area contributed by atoms with E-state index >= 15 is 0 Å². The van der Waals surface area contributed by atoms with Crippen molar-refractivity contribution in [1.29, 1.82) is 5.39 Å².